The fourth-order valence-electron chi connectivity index (χ4n) is 2.12. The molecule has 0 aliphatic rings. The maximum atomic E-state index is 11.9. The molecule has 122 valence electrons. The number of carboxylic acids is 1. The standard InChI is InChI=1S/C15H22N2O4S/c1-10(18)6-12-9-17-14(22-12)16-5-4-11(19)7-15(2,3)8-13(20)21/h9H,4-8H2,1-3H3,(H,16,17)(H,20,21). The number of aliphatic carboxylic acids is 1. The third-order valence-corrected chi connectivity index (χ3v) is 3.92. The lowest BCUT2D eigenvalue weighted by Crippen LogP contribution is -2.22. The van der Waals surface area contributed by atoms with E-state index in [0.717, 1.165) is 4.88 Å². The molecule has 0 fully saturated rings. The minimum atomic E-state index is -0.892. The van der Waals surface area contributed by atoms with Crippen molar-refractivity contribution in [2.45, 2.75) is 46.5 Å². The third-order valence-electron chi connectivity index (χ3n) is 2.96. The van der Waals surface area contributed by atoms with Crippen molar-refractivity contribution in [2.75, 3.05) is 11.9 Å². The van der Waals surface area contributed by atoms with Gasteiger partial charge >= 0.3 is 5.97 Å². The zero-order valence-corrected chi connectivity index (χ0v) is 14.0. The molecule has 0 amide bonds. The highest BCUT2D eigenvalue weighted by molar-refractivity contribution is 7.15. The van der Waals surface area contributed by atoms with Crippen molar-refractivity contribution >= 4 is 34.0 Å². The van der Waals surface area contributed by atoms with Crippen LogP contribution in [0.1, 0.15) is 44.9 Å². The normalized spacial score (nSPS) is 11.2. The summed E-state index contributed by atoms with van der Waals surface area (Å²) in [7, 11) is 0. The molecule has 0 aliphatic carbocycles. The number of ketones is 2. The van der Waals surface area contributed by atoms with E-state index in [1.165, 1.54) is 18.3 Å². The molecule has 1 aromatic heterocycles. The van der Waals surface area contributed by atoms with E-state index >= 15 is 0 Å². The highest BCUT2D eigenvalue weighted by atomic mass is 32.1. The molecule has 0 aromatic carbocycles. The monoisotopic (exact) mass is 326 g/mol. The van der Waals surface area contributed by atoms with E-state index in [0.29, 0.717) is 24.5 Å². The highest BCUT2D eigenvalue weighted by Gasteiger charge is 2.24. The van der Waals surface area contributed by atoms with Crippen molar-refractivity contribution in [2.24, 2.45) is 5.41 Å². The van der Waals surface area contributed by atoms with Gasteiger partial charge < -0.3 is 10.4 Å². The molecule has 0 saturated carbocycles. The Hall–Kier alpha value is -1.76. The number of carbonyl (C=O) groups is 3. The predicted octanol–water partition coefficient (Wildman–Crippen LogP) is 2.54. The zero-order valence-electron chi connectivity index (χ0n) is 13.1. The smallest absolute Gasteiger partial charge is 0.303 e. The van der Waals surface area contributed by atoms with Crippen LogP contribution >= 0.6 is 11.3 Å². The van der Waals surface area contributed by atoms with Crippen LogP contribution in [0.15, 0.2) is 6.20 Å². The first-order valence-corrected chi connectivity index (χ1v) is 7.91. The van der Waals surface area contributed by atoms with Gasteiger partial charge in [0.15, 0.2) is 5.13 Å². The molecule has 0 aliphatic heterocycles. The lowest BCUT2D eigenvalue weighted by atomic mass is 9.83. The quantitative estimate of drug-likeness (QED) is 0.686. The van der Waals surface area contributed by atoms with Crippen LogP contribution in [0.25, 0.3) is 0 Å². The van der Waals surface area contributed by atoms with Crippen LogP contribution in [0.2, 0.25) is 0 Å². The third kappa shape index (κ3) is 7.31. The molecule has 1 rings (SSSR count). The van der Waals surface area contributed by atoms with Gasteiger partial charge in [-0.15, -0.1) is 11.3 Å². The number of carbonyl (C=O) groups excluding carboxylic acids is 2. The van der Waals surface area contributed by atoms with Crippen molar-refractivity contribution in [3.63, 3.8) is 0 Å². The van der Waals surface area contributed by atoms with Crippen LogP contribution in [0.3, 0.4) is 0 Å². The second kappa shape index (κ2) is 8.03. The van der Waals surface area contributed by atoms with E-state index in [2.05, 4.69) is 10.3 Å². The number of Topliss-reactive ketones (excluding diaryl/α,β-unsaturated/α-hetero) is 2. The number of aromatic nitrogens is 1. The summed E-state index contributed by atoms with van der Waals surface area (Å²) in [6.45, 7) is 5.54. The summed E-state index contributed by atoms with van der Waals surface area (Å²) in [5, 5.41) is 12.5. The molecule has 0 atom stereocenters. The number of anilines is 1. The summed E-state index contributed by atoms with van der Waals surface area (Å²) >= 11 is 1.40. The van der Waals surface area contributed by atoms with Crippen molar-refractivity contribution in [1.29, 1.82) is 0 Å². The molecule has 0 spiro atoms. The molecule has 22 heavy (non-hydrogen) atoms. The average Bonchev–Trinajstić information content (AvgIpc) is 2.72. The van der Waals surface area contributed by atoms with Crippen molar-refractivity contribution in [3.05, 3.63) is 11.1 Å². The van der Waals surface area contributed by atoms with Crippen LogP contribution in [-0.4, -0.2) is 34.2 Å². The Balaban J connectivity index is 2.34. The Bertz CT molecular complexity index is 551. The molecule has 1 heterocycles. The van der Waals surface area contributed by atoms with E-state index in [-0.39, 0.29) is 24.4 Å². The summed E-state index contributed by atoms with van der Waals surface area (Å²) in [6.07, 6.45) is 2.58. The van der Waals surface area contributed by atoms with Crippen LogP contribution in [0.5, 0.6) is 0 Å². The summed E-state index contributed by atoms with van der Waals surface area (Å²) in [4.78, 5) is 38.7. The number of thiazole rings is 1. The fraction of sp³-hybridized carbons (Fsp3) is 0.600. The van der Waals surface area contributed by atoms with Crippen LogP contribution in [0, 0.1) is 5.41 Å². The van der Waals surface area contributed by atoms with E-state index in [1.807, 2.05) is 0 Å². The van der Waals surface area contributed by atoms with Gasteiger partial charge in [0.25, 0.3) is 0 Å². The fourth-order valence-corrected chi connectivity index (χ4v) is 3.03. The first-order valence-electron chi connectivity index (χ1n) is 7.09. The lowest BCUT2D eigenvalue weighted by molar-refractivity contribution is -0.139. The van der Waals surface area contributed by atoms with E-state index < -0.39 is 11.4 Å². The van der Waals surface area contributed by atoms with Gasteiger partial charge in [0.1, 0.15) is 11.6 Å². The topological polar surface area (TPSA) is 96.4 Å². The van der Waals surface area contributed by atoms with Crippen molar-refractivity contribution in [1.82, 2.24) is 4.98 Å². The first kappa shape index (κ1) is 18.3. The van der Waals surface area contributed by atoms with Gasteiger partial charge in [-0.1, -0.05) is 13.8 Å². The molecule has 0 saturated heterocycles. The molecule has 0 bridgehead atoms. The van der Waals surface area contributed by atoms with Gasteiger partial charge in [0, 0.05) is 36.9 Å². The molecular weight excluding hydrogens is 304 g/mol. The maximum Gasteiger partial charge on any atom is 0.303 e. The van der Waals surface area contributed by atoms with Gasteiger partial charge in [0.05, 0.1) is 6.42 Å². The molecule has 2 N–H and O–H groups in total. The molecule has 7 heteroatoms. The number of hydrogen-bond acceptors (Lipinski definition) is 6. The van der Waals surface area contributed by atoms with Crippen LogP contribution in [0.4, 0.5) is 5.13 Å². The van der Waals surface area contributed by atoms with Crippen LogP contribution < -0.4 is 5.32 Å². The van der Waals surface area contributed by atoms with Gasteiger partial charge in [-0.05, 0) is 12.3 Å². The molecule has 0 radical (unpaired) electrons. The Morgan fingerprint density at radius 2 is 2.00 bits per heavy atom. The molecular formula is C15H22N2O4S. The minimum absolute atomic E-state index is 0.0208. The molecule has 0 unspecified atom stereocenters. The van der Waals surface area contributed by atoms with Gasteiger partial charge in [-0.3, -0.25) is 14.4 Å². The van der Waals surface area contributed by atoms with E-state index in [4.69, 9.17) is 5.11 Å². The maximum absolute atomic E-state index is 11.9. The van der Waals surface area contributed by atoms with E-state index in [9.17, 15) is 14.4 Å². The SMILES string of the molecule is CC(=O)Cc1cnc(NCCC(=O)CC(C)(C)CC(=O)O)s1. The van der Waals surface area contributed by atoms with Gasteiger partial charge in [-0.2, -0.15) is 0 Å². The summed E-state index contributed by atoms with van der Waals surface area (Å²) in [5.41, 5.74) is -0.529. The number of rotatable bonds is 10. The molecule has 6 nitrogen and oxygen atoms in total. The second-order valence-electron chi connectivity index (χ2n) is 6.14. The summed E-state index contributed by atoms with van der Waals surface area (Å²) in [5.74, 6) is -0.776. The summed E-state index contributed by atoms with van der Waals surface area (Å²) in [6, 6.07) is 0. The highest BCUT2D eigenvalue weighted by Crippen LogP contribution is 2.26. The van der Waals surface area contributed by atoms with E-state index in [1.54, 1.807) is 20.0 Å². The largest absolute Gasteiger partial charge is 0.481 e. The number of hydrogen-bond donors (Lipinski definition) is 2. The first-order chi connectivity index (χ1) is 10.2. The van der Waals surface area contributed by atoms with Crippen molar-refractivity contribution < 1.29 is 19.5 Å². The number of carboxylic acid groups (broad SMARTS) is 1. The number of nitrogens with one attached hydrogen (secondary N) is 1. The second-order valence-corrected chi connectivity index (χ2v) is 7.25. The van der Waals surface area contributed by atoms with Gasteiger partial charge in [-0.25, -0.2) is 4.98 Å². The van der Waals surface area contributed by atoms with Gasteiger partial charge in [0.2, 0.25) is 0 Å². The Kier molecular flexibility index (Phi) is 6.67. The molecule has 1 aromatic rings. The predicted molar refractivity (Wildman–Crippen MR) is 85.3 cm³/mol. The Labute approximate surface area is 133 Å². The average molecular weight is 326 g/mol. The zero-order chi connectivity index (χ0) is 16.8. The Morgan fingerprint density at radius 1 is 1.32 bits per heavy atom. The lowest BCUT2D eigenvalue weighted by Gasteiger charge is -2.21. The number of nitrogens with zero attached hydrogens (tertiary/aromatic N) is 1. The van der Waals surface area contributed by atoms with Crippen molar-refractivity contribution in [3.8, 4) is 0 Å². The minimum Gasteiger partial charge on any atom is -0.481 e. The Morgan fingerprint density at radius 3 is 2.59 bits per heavy atom. The summed E-state index contributed by atoms with van der Waals surface area (Å²) < 4.78 is 0. The van der Waals surface area contributed by atoms with Crippen LogP contribution in [-0.2, 0) is 20.8 Å².